The van der Waals surface area contributed by atoms with Crippen molar-refractivity contribution < 1.29 is 13.2 Å². The fourth-order valence-electron chi connectivity index (χ4n) is 1.59. The van der Waals surface area contributed by atoms with Crippen LogP contribution in [0.25, 0.3) is 0 Å². The summed E-state index contributed by atoms with van der Waals surface area (Å²) in [5, 5.41) is 0.404. The van der Waals surface area contributed by atoms with Crippen LogP contribution in [0.15, 0.2) is 28.1 Å². The van der Waals surface area contributed by atoms with Crippen LogP contribution in [0.4, 0.5) is 18.9 Å². The van der Waals surface area contributed by atoms with Crippen molar-refractivity contribution in [1.29, 1.82) is 0 Å². The summed E-state index contributed by atoms with van der Waals surface area (Å²) in [6.07, 6.45) is -2.47. The van der Waals surface area contributed by atoms with Crippen molar-refractivity contribution in [3.05, 3.63) is 23.2 Å². The number of hydrogen-bond acceptors (Lipinski definition) is 2. The van der Waals surface area contributed by atoms with E-state index < -0.39 is 16.8 Å². The van der Waals surface area contributed by atoms with Crippen LogP contribution < -0.4 is 0 Å². The lowest BCUT2D eigenvalue weighted by Crippen LogP contribution is -2.15. The second-order valence-corrected chi connectivity index (χ2v) is 6.86. The first-order valence-electron chi connectivity index (χ1n) is 5.93. The number of nitrogens with zero attached hydrogens (tertiary/aromatic N) is 1. The molecule has 0 saturated heterocycles. The summed E-state index contributed by atoms with van der Waals surface area (Å²) < 4.78 is 36.6. The summed E-state index contributed by atoms with van der Waals surface area (Å²) in [6.45, 7) is 0. The van der Waals surface area contributed by atoms with E-state index in [9.17, 15) is 13.2 Å². The molecular weight excluding hydrogens is 329 g/mol. The van der Waals surface area contributed by atoms with Gasteiger partial charge in [-0.25, -0.2) is 0 Å². The van der Waals surface area contributed by atoms with Gasteiger partial charge in [0.15, 0.2) is 7.85 Å². The fraction of sp³-hybridized carbons (Fsp3) is 0.417. The molecule has 0 aliphatic heterocycles. The van der Waals surface area contributed by atoms with Crippen molar-refractivity contribution in [2.24, 2.45) is 4.99 Å². The van der Waals surface area contributed by atoms with E-state index in [-0.39, 0.29) is 0 Å². The van der Waals surface area contributed by atoms with Gasteiger partial charge in [0.25, 0.3) is 0 Å². The molecule has 0 unspecified atom stereocenters. The Morgan fingerprint density at radius 3 is 2.60 bits per heavy atom. The van der Waals surface area contributed by atoms with E-state index in [2.05, 4.69) is 4.99 Å². The first kappa shape index (κ1) is 16.1. The van der Waals surface area contributed by atoms with Gasteiger partial charge in [0.05, 0.1) is 21.3 Å². The number of rotatable bonds is 4. The van der Waals surface area contributed by atoms with Crippen molar-refractivity contribution in [3.63, 3.8) is 0 Å². The monoisotopic (exact) mass is 339 g/mol. The Kier molecular flexibility index (Phi) is 4.67. The molecule has 20 heavy (non-hydrogen) atoms. The molecule has 0 radical (unpaired) electrons. The van der Waals surface area contributed by atoms with Crippen LogP contribution in [0.3, 0.4) is 0 Å². The number of benzene rings is 1. The van der Waals surface area contributed by atoms with Crippen LogP contribution in [0, 0.1) is 0 Å². The Hall–Kier alpha value is -0.325. The summed E-state index contributed by atoms with van der Waals surface area (Å²) in [4.78, 5) is 4.45. The zero-order valence-corrected chi connectivity index (χ0v) is 12.9. The molecule has 2 rings (SSSR count). The Balaban J connectivity index is 2.17. The van der Waals surface area contributed by atoms with Crippen molar-refractivity contribution in [2.45, 2.75) is 28.8 Å². The first-order chi connectivity index (χ1) is 9.20. The topological polar surface area (TPSA) is 12.4 Å². The second-order valence-electron chi connectivity index (χ2n) is 4.68. The van der Waals surface area contributed by atoms with Crippen LogP contribution in [-0.4, -0.2) is 30.3 Å². The second kappa shape index (κ2) is 5.81. The van der Waals surface area contributed by atoms with E-state index in [0.29, 0.717) is 27.4 Å². The highest BCUT2D eigenvalue weighted by molar-refractivity contribution is 7.99. The third-order valence-corrected chi connectivity index (χ3v) is 4.98. The highest BCUT2D eigenvalue weighted by Gasteiger charge is 2.43. The minimum atomic E-state index is -4.20. The number of alkyl halides is 4. The molecular formula is C12H11BCl2F3NS. The van der Waals surface area contributed by atoms with E-state index in [0.717, 1.165) is 18.5 Å². The molecule has 1 saturated carbocycles. The molecule has 0 atom stereocenters. The van der Waals surface area contributed by atoms with Gasteiger partial charge in [0.2, 0.25) is 0 Å². The largest absolute Gasteiger partial charge is 0.398 e. The van der Waals surface area contributed by atoms with Crippen molar-refractivity contribution in [3.8, 4) is 0 Å². The molecule has 0 heterocycles. The van der Waals surface area contributed by atoms with Gasteiger partial charge in [0.1, 0.15) is 0 Å². The molecule has 0 aromatic heterocycles. The molecule has 0 N–H and O–H groups in total. The van der Waals surface area contributed by atoms with Crippen molar-refractivity contribution in [2.75, 3.05) is 5.75 Å². The number of aliphatic imine (C=N–C) groups is 1. The maximum atomic E-state index is 12.2. The minimum absolute atomic E-state index is 0.390. The molecule has 1 fully saturated rings. The average molecular weight is 340 g/mol. The molecule has 1 aliphatic rings. The lowest BCUT2D eigenvalue weighted by atomic mass is 9.96. The third-order valence-electron chi connectivity index (χ3n) is 2.95. The predicted octanol–water partition coefficient (Wildman–Crippen LogP) is 4.43. The number of halogens is 5. The first-order valence-corrected chi connectivity index (χ1v) is 7.68. The van der Waals surface area contributed by atoms with Crippen molar-refractivity contribution >= 4 is 54.1 Å². The van der Waals surface area contributed by atoms with Crippen LogP contribution >= 0.6 is 35.0 Å². The van der Waals surface area contributed by atoms with Crippen LogP contribution in [0.2, 0.25) is 5.02 Å². The highest BCUT2D eigenvalue weighted by atomic mass is 35.5. The van der Waals surface area contributed by atoms with Gasteiger partial charge in [-0.05, 0) is 36.7 Å². The van der Waals surface area contributed by atoms with Gasteiger partial charge in [-0.15, -0.1) is 23.4 Å². The molecule has 1 aromatic carbocycles. The molecule has 1 nitrogen and oxygen atoms in total. The van der Waals surface area contributed by atoms with E-state index in [1.165, 1.54) is 0 Å². The van der Waals surface area contributed by atoms with E-state index >= 15 is 0 Å². The van der Waals surface area contributed by atoms with Gasteiger partial charge in [0, 0.05) is 4.90 Å². The quantitative estimate of drug-likeness (QED) is 0.342. The van der Waals surface area contributed by atoms with Gasteiger partial charge in [-0.1, -0.05) is 11.6 Å². The highest BCUT2D eigenvalue weighted by Crippen LogP contribution is 2.44. The maximum Gasteiger partial charge on any atom is 0.398 e. The lowest BCUT2D eigenvalue weighted by molar-refractivity contribution is -0.105. The number of thioether (sulfide) groups is 1. The summed E-state index contributed by atoms with van der Waals surface area (Å²) >= 11 is 13.0. The SMILES string of the molecule is B/C(=N\c1cc(SCC(F)(F)F)ccc1Cl)C1(Cl)CC1. The lowest BCUT2D eigenvalue weighted by Gasteiger charge is -2.09. The summed E-state index contributed by atoms with van der Waals surface area (Å²) in [6, 6.07) is 4.67. The maximum absolute atomic E-state index is 12.2. The van der Waals surface area contributed by atoms with Crippen LogP contribution in [-0.2, 0) is 0 Å². The molecule has 8 heteroatoms. The molecule has 0 spiro atoms. The van der Waals surface area contributed by atoms with Gasteiger partial charge in [-0.3, -0.25) is 4.99 Å². The summed E-state index contributed by atoms with van der Waals surface area (Å²) in [5.41, 5.74) is 1.21. The van der Waals surface area contributed by atoms with Gasteiger partial charge < -0.3 is 0 Å². The molecule has 108 valence electrons. The molecule has 0 amide bonds. The van der Waals surface area contributed by atoms with Crippen LogP contribution in [0.1, 0.15) is 12.8 Å². The summed E-state index contributed by atoms with van der Waals surface area (Å²) in [7, 11) is 1.81. The van der Waals surface area contributed by atoms with E-state index in [1.54, 1.807) is 18.2 Å². The average Bonchev–Trinajstić information content (AvgIpc) is 3.09. The van der Waals surface area contributed by atoms with Crippen molar-refractivity contribution in [1.82, 2.24) is 0 Å². The Labute approximate surface area is 130 Å². The Morgan fingerprint density at radius 1 is 1.40 bits per heavy atom. The zero-order chi connectivity index (χ0) is 15.0. The van der Waals surface area contributed by atoms with Gasteiger partial charge >= 0.3 is 6.18 Å². The number of hydrogen-bond donors (Lipinski definition) is 0. The fourth-order valence-corrected chi connectivity index (χ4v) is 2.57. The molecule has 1 aliphatic carbocycles. The normalized spacial score (nSPS) is 18.1. The van der Waals surface area contributed by atoms with Gasteiger partial charge in [-0.2, -0.15) is 13.2 Å². The standard InChI is InChI=1S/C12H11BCl2F3NS/c13-10(11(15)3-4-11)19-9-5-7(1-2-8(9)14)20-6-12(16,17)18/h1-2,5H,3-4,6,13H2/b19-10-. The molecule has 1 aromatic rings. The Morgan fingerprint density at radius 2 is 2.05 bits per heavy atom. The smallest absolute Gasteiger partial charge is 0.265 e. The summed E-state index contributed by atoms with van der Waals surface area (Å²) in [5.74, 6) is -0.934. The van der Waals surface area contributed by atoms with Crippen LogP contribution in [0.5, 0.6) is 0 Å². The van der Waals surface area contributed by atoms with E-state index in [1.807, 2.05) is 7.85 Å². The Bertz CT molecular complexity index is 544. The molecule has 0 bridgehead atoms. The zero-order valence-electron chi connectivity index (χ0n) is 10.6. The van der Waals surface area contributed by atoms with E-state index in [4.69, 9.17) is 23.2 Å². The predicted molar refractivity (Wildman–Crippen MR) is 81.7 cm³/mol. The minimum Gasteiger partial charge on any atom is -0.265 e. The third kappa shape index (κ3) is 4.33.